The van der Waals surface area contributed by atoms with Crippen molar-refractivity contribution in [2.24, 2.45) is 5.73 Å². The van der Waals surface area contributed by atoms with Gasteiger partial charge in [-0.15, -0.1) is 11.3 Å². The second-order valence-corrected chi connectivity index (χ2v) is 4.99. The molecule has 2 nitrogen and oxygen atoms in total. The lowest BCUT2D eigenvalue weighted by Crippen LogP contribution is -2.11. The Balaban J connectivity index is 2.10. The first-order valence-electron chi connectivity index (χ1n) is 5.07. The molecule has 4 heteroatoms. The standard InChI is InChI=1S/C12H13FN2S/c1-8-15-7-12(16-8)11(14)6-9-3-2-4-10(13)5-9/h2-5,7,11H,6,14H2,1H3. The van der Waals surface area contributed by atoms with E-state index < -0.39 is 0 Å². The number of thiazole rings is 1. The summed E-state index contributed by atoms with van der Waals surface area (Å²) >= 11 is 1.59. The average molecular weight is 236 g/mol. The van der Waals surface area contributed by atoms with Crippen LogP contribution in [-0.4, -0.2) is 4.98 Å². The maximum absolute atomic E-state index is 13.0. The molecule has 2 aromatic rings. The highest BCUT2D eigenvalue weighted by molar-refractivity contribution is 7.11. The number of hydrogen-bond donors (Lipinski definition) is 1. The molecule has 1 aromatic carbocycles. The molecule has 0 aliphatic rings. The van der Waals surface area contributed by atoms with Crippen molar-refractivity contribution in [1.82, 2.24) is 4.98 Å². The molecular weight excluding hydrogens is 223 g/mol. The van der Waals surface area contributed by atoms with Crippen molar-refractivity contribution in [3.63, 3.8) is 0 Å². The molecule has 1 atom stereocenters. The summed E-state index contributed by atoms with van der Waals surface area (Å²) in [4.78, 5) is 5.20. The van der Waals surface area contributed by atoms with Gasteiger partial charge in [0.1, 0.15) is 5.82 Å². The minimum atomic E-state index is -0.217. The number of hydrogen-bond acceptors (Lipinski definition) is 3. The van der Waals surface area contributed by atoms with E-state index in [4.69, 9.17) is 5.73 Å². The maximum atomic E-state index is 13.0. The van der Waals surface area contributed by atoms with E-state index in [-0.39, 0.29) is 11.9 Å². The molecule has 2 rings (SSSR count). The van der Waals surface area contributed by atoms with Gasteiger partial charge >= 0.3 is 0 Å². The number of aromatic nitrogens is 1. The summed E-state index contributed by atoms with van der Waals surface area (Å²) in [6.45, 7) is 1.95. The molecule has 1 unspecified atom stereocenters. The van der Waals surface area contributed by atoms with Crippen LogP contribution in [-0.2, 0) is 6.42 Å². The second-order valence-electron chi connectivity index (χ2n) is 3.72. The number of nitrogens with two attached hydrogens (primary N) is 1. The lowest BCUT2D eigenvalue weighted by Gasteiger charge is -2.08. The summed E-state index contributed by atoms with van der Waals surface area (Å²) in [6, 6.07) is 6.44. The summed E-state index contributed by atoms with van der Waals surface area (Å²) in [6.07, 6.45) is 2.43. The third-order valence-corrected chi connectivity index (χ3v) is 3.39. The fraction of sp³-hybridized carbons (Fsp3) is 0.250. The van der Waals surface area contributed by atoms with Gasteiger partial charge in [-0.3, -0.25) is 0 Å². The Morgan fingerprint density at radius 2 is 2.31 bits per heavy atom. The smallest absolute Gasteiger partial charge is 0.123 e. The van der Waals surface area contributed by atoms with Crippen LogP contribution in [0.2, 0.25) is 0 Å². The topological polar surface area (TPSA) is 38.9 Å². The normalized spacial score (nSPS) is 12.7. The Kier molecular flexibility index (Phi) is 3.31. The van der Waals surface area contributed by atoms with Crippen LogP contribution >= 0.6 is 11.3 Å². The van der Waals surface area contributed by atoms with Crippen molar-refractivity contribution in [2.45, 2.75) is 19.4 Å². The summed E-state index contributed by atoms with van der Waals surface area (Å²) in [5.41, 5.74) is 6.95. The van der Waals surface area contributed by atoms with E-state index in [1.165, 1.54) is 12.1 Å². The SMILES string of the molecule is Cc1ncc(C(N)Cc2cccc(F)c2)s1. The van der Waals surface area contributed by atoms with Crippen LogP contribution in [0.3, 0.4) is 0 Å². The van der Waals surface area contributed by atoms with Crippen LogP contribution in [0, 0.1) is 12.7 Å². The third kappa shape index (κ3) is 2.65. The van der Waals surface area contributed by atoms with Gasteiger partial charge in [0.05, 0.1) is 5.01 Å². The summed E-state index contributed by atoms with van der Waals surface area (Å²) in [5, 5.41) is 1.00. The first kappa shape index (κ1) is 11.2. The Morgan fingerprint density at radius 1 is 1.50 bits per heavy atom. The van der Waals surface area contributed by atoms with Crippen LogP contribution in [0.15, 0.2) is 30.5 Å². The highest BCUT2D eigenvalue weighted by Crippen LogP contribution is 2.22. The largest absolute Gasteiger partial charge is 0.323 e. The molecule has 0 saturated heterocycles. The molecule has 0 saturated carbocycles. The number of nitrogens with zero attached hydrogens (tertiary/aromatic N) is 1. The molecule has 0 spiro atoms. The highest BCUT2D eigenvalue weighted by Gasteiger charge is 2.10. The van der Waals surface area contributed by atoms with Gasteiger partial charge in [-0.05, 0) is 31.0 Å². The third-order valence-electron chi connectivity index (χ3n) is 2.35. The minimum Gasteiger partial charge on any atom is -0.323 e. The van der Waals surface area contributed by atoms with Gasteiger partial charge in [0.2, 0.25) is 0 Å². The molecular formula is C12H13FN2S. The van der Waals surface area contributed by atoms with Gasteiger partial charge in [-0.2, -0.15) is 0 Å². The van der Waals surface area contributed by atoms with Crippen molar-refractivity contribution in [2.75, 3.05) is 0 Å². The molecule has 1 aromatic heterocycles. The van der Waals surface area contributed by atoms with Crippen LogP contribution in [0.5, 0.6) is 0 Å². The molecule has 0 aliphatic carbocycles. The van der Waals surface area contributed by atoms with E-state index in [0.717, 1.165) is 15.4 Å². The van der Waals surface area contributed by atoms with Crippen molar-refractivity contribution in [3.8, 4) is 0 Å². The molecule has 1 heterocycles. The summed E-state index contributed by atoms with van der Waals surface area (Å²) in [7, 11) is 0. The predicted molar refractivity (Wildman–Crippen MR) is 63.9 cm³/mol. The predicted octanol–water partition coefficient (Wildman–Crippen LogP) is 2.83. The molecule has 0 radical (unpaired) electrons. The zero-order valence-electron chi connectivity index (χ0n) is 8.98. The highest BCUT2D eigenvalue weighted by atomic mass is 32.1. The van der Waals surface area contributed by atoms with E-state index in [1.54, 1.807) is 23.6 Å². The molecule has 84 valence electrons. The summed E-state index contributed by atoms with van der Waals surface area (Å²) < 4.78 is 13.0. The zero-order valence-corrected chi connectivity index (χ0v) is 9.80. The molecule has 16 heavy (non-hydrogen) atoms. The first-order valence-corrected chi connectivity index (χ1v) is 5.89. The zero-order chi connectivity index (χ0) is 11.5. The Hall–Kier alpha value is -1.26. The molecule has 0 bridgehead atoms. The average Bonchev–Trinajstić information content (AvgIpc) is 2.65. The van der Waals surface area contributed by atoms with Crippen molar-refractivity contribution in [3.05, 3.63) is 51.7 Å². The van der Waals surface area contributed by atoms with E-state index >= 15 is 0 Å². The van der Waals surface area contributed by atoms with E-state index in [0.29, 0.717) is 6.42 Å². The number of aryl methyl sites for hydroxylation is 1. The fourth-order valence-corrected chi connectivity index (χ4v) is 2.35. The Labute approximate surface area is 97.9 Å². The van der Waals surface area contributed by atoms with E-state index in [2.05, 4.69) is 4.98 Å². The van der Waals surface area contributed by atoms with Gasteiger partial charge < -0.3 is 5.73 Å². The monoisotopic (exact) mass is 236 g/mol. The van der Waals surface area contributed by atoms with Gasteiger partial charge in [-0.25, -0.2) is 9.37 Å². The Morgan fingerprint density at radius 3 is 2.94 bits per heavy atom. The molecule has 0 amide bonds. The van der Waals surface area contributed by atoms with Crippen molar-refractivity contribution < 1.29 is 4.39 Å². The van der Waals surface area contributed by atoms with E-state index in [9.17, 15) is 4.39 Å². The van der Waals surface area contributed by atoms with Gasteiger partial charge in [0.25, 0.3) is 0 Å². The lowest BCUT2D eigenvalue weighted by atomic mass is 10.1. The molecule has 0 aliphatic heterocycles. The second kappa shape index (κ2) is 4.72. The van der Waals surface area contributed by atoms with Crippen LogP contribution < -0.4 is 5.73 Å². The van der Waals surface area contributed by atoms with Crippen LogP contribution in [0.25, 0.3) is 0 Å². The number of halogens is 1. The fourth-order valence-electron chi connectivity index (χ4n) is 1.57. The summed E-state index contributed by atoms with van der Waals surface area (Å²) in [5.74, 6) is -0.217. The maximum Gasteiger partial charge on any atom is 0.123 e. The molecule has 2 N–H and O–H groups in total. The number of rotatable bonds is 3. The van der Waals surface area contributed by atoms with Gasteiger partial charge in [0, 0.05) is 17.1 Å². The van der Waals surface area contributed by atoms with Crippen LogP contribution in [0.4, 0.5) is 4.39 Å². The number of benzene rings is 1. The van der Waals surface area contributed by atoms with Crippen molar-refractivity contribution in [1.29, 1.82) is 0 Å². The van der Waals surface area contributed by atoms with E-state index in [1.807, 2.05) is 13.0 Å². The van der Waals surface area contributed by atoms with Crippen LogP contribution in [0.1, 0.15) is 21.5 Å². The van der Waals surface area contributed by atoms with Crippen molar-refractivity contribution >= 4 is 11.3 Å². The quantitative estimate of drug-likeness (QED) is 0.890. The Bertz CT molecular complexity index is 481. The van der Waals surface area contributed by atoms with Gasteiger partial charge in [-0.1, -0.05) is 12.1 Å². The van der Waals surface area contributed by atoms with Gasteiger partial charge in [0.15, 0.2) is 0 Å². The minimum absolute atomic E-state index is 0.104. The molecule has 0 fully saturated rings. The first-order chi connectivity index (χ1) is 7.65. The lowest BCUT2D eigenvalue weighted by molar-refractivity contribution is 0.622.